The van der Waals surface area contributed by atoms with E-state index in [2.05, 4.69) is 5.32 Å². The number of hydrogen-bond acceptors (Lipinski definition) is 2. The molecule has 1 saturated heterocycles. The van der Waals surface area contributed by atoms with Crippen LogP contribution in [0.15, 0.2) is 18.2 Å². The van der Waals surface area contributed by atoms with Gasteiger partial charge in [-0.05, 0) is 24.1 Å². The second-order valence-corrected chi connectivity index (χ2v) is 5.29. The van der Waals surface area contributed by atoms with Gasteiger partial charge in [-0.25, -0.2) is 9.18 Å². The second kappa shape index (κ2) is 6.43. The molecule has 1 aliphatic rings. The van der Waals surface area contributed by atoms with E-state index in [0.29, 0.717) is 19.0 Å². The fourth-order valence-electron chi connectivity index (χ4n) is 2.43. The van der Waals surface area contributed by atoms with E-state index >= 15 is 0 Å². The van der Waals surface area contributed by atoms with Crippen molar-refractivity contribution in [2.24, 2.45) is 11.7 Å². The minimum Gasteiger partial charge on any atom is -0.369 e. The Morgan fingerprint density at radius 3 is 2.61 bits per heavy atom. The van der Waals surface area contributed by atoms with Crippen LogP contribution in [0.3, 0.4) is 0 Å². The third kappa shape index (κ3) is 4.11. The highest BCUT2D eigenvalue weighted by Crippen LogP contribution is 2.32. The highest BCUT2D eigenvalue weighted by atomic mass is 19.4. The van der Waals surface area contributed by atoms with Crippen LogP contribution in [0, 0.1) is 11.7 Å². The number of carbonyl (C=O) groups excluding carboxylic acids is 2. The lowest BCUT2D eigenvalue weighted by Crippen LogP contribution is -2.39. The lowest BCUT2D eigenvalue weighted by molar-refractivity contribution is -0.138. The molecule has 1 aromatic carbocycles. The van der Waals surface area contributed by atoms with Crippen molar-refractivity contribution >= 4 is 11.9 Å². The van der Waals surface area contributed by atoms with E-state index in [1.165, 1.54) is 4.90 Å². The largest absolute Gasteiger partial charge is 0.416 e. The van der Waals surface area contributed by atoms with E-state index in [9.17, 15) is 27.2 Å². The topological polar surface area (TPSA) is 75.4 Å². The van der Waals surface area contributed by atoms with Gasteiger partial charge in [-0.3, -0.25) is 4.79 Å². The van der Waals surface area contributed by atoms with Crippen LogP contribution in [0.25, 0.3) is 0 Å². The number of urea groups is 1. The fourth-order valence-corrected chi connectivity index (χ4v) is 2.43. The molecule has 0 saturated carbocycles. The van der Waals surface area contributed by atoms with Crippen molar-refractivity contribution in [1.82, 2.24) is 10.2 Å². The van der Waals surface area contributed by atoms with Crippen molar-refractivity contribution in [1.29, 1.82) is 0 Å². The summed E-state index contributed by atoms with van der Waals surface area (Å²) in [6.45, 7) is 0.0391. The summed E-state index contributed by atoms with van der Waals surface area (Å²) in [6.07, 6.45) is -4.29. The number of nitrogens with zero attached hydrogens (tertiary/aromatic N) is 1. The molecule has 23 heavy (non-hydrogen) atoms. The van der Waals surface area contributed by atoms with Crippen LogP contribution in [0.4, 0.5) is 22.4 Å². The SMILES string of the molecule is NC(=O)[C@H]1CCN(C(=O)NCc2ccc(F)cc2C(F)(F)F)C1. The molecule has 126 valence electrons. The van der Waals surface area contributed by atoms with Gasteiger partial charge in [0.1, 0.15) is 5.82 Å². The standard InChI is InChI=1S/C14H15F4N3O2/c15-10-2-1-8(11(5-10)14(16,17)18)6-20-13(23)21-4-3-9(7-21)12(19)22/h1-2,5,9H,3-4,6-7H2,(H2,19,22)(H,20,23)/t9-/m0/s1. The molecule has 1 atom stereocenters. The molecular weight excluding hydrogens is 318 g/mol. The van der Waals surface area contributed by atoms with Gasteiger partial charge in [0.15, 0.2) is 0 Å². The third-order valence-corrected chi connectivity index (χ3v) is 3.69. The number of primary amides is 1. The Hall–Kier alpha value is -2.32. The molecule has 1 heterocycles. The van der Waals surface area contributed by atoms with E-state index in [0.717, 1.165) is 12.1 Å². The number of amides is 3. The van der Waals surface area contributed by atoms with Gasteiger partial charge in [0.05, 0.1) is 11.5 Å². The zero-order valence-corrected chi connectivity index (χ0v) is 12.0. The van der Waals surface area contributed by atoms with Crippen LogP contribution < -0.4 is 11.1 Å². The molecule has 0 radical (unpaired) electrons. The number of benzene rings is 1. The van der Waals surface area contributed by atoms with Gasteiger partial charge in [0, 0.05) is 19.6 Å². The van der Waals surface area contributed by atoms with Gasteiger partial charge < -0.3 is 16.0 Å². The predicted molar refractivity (Wildman–Crippen MR) is 72.5 cm³/mol. The summed E-state index contributed by atoms with van der Waals surface area (Å²) in [6, 6.07) is 1.68. The van der Waals surface area contributed by atoms with Crippen molar-refractivity contribution in [3.05, 3.63) is 35.1 Å². The van der Waals surface area contributed by atoms with Crippen molar-refractivity contribution in [2.75, 3.05) is 13.1 Å². The number of halogens is 4. The lowest BCUT2D eigenvalue weighted by atomic mass is 10.1. The van der Waals surface area contributed by atoms with E-state index in [4.69, 9.17) is 5.73 Å². The van der Waals surface area contributed by atoms with Crippen LogP contribution in [0.5, 0.6) is 0 Å². The molecule has 0 bridgehead atoms. The lowest BCUT2D eigenvalue weighted by Gasteiger charge is -2.18. The Bertz CT molecular complexity index is 619. The average Bonchev–Trinajstić information content (AvgIpc) is 2.94. The summed E-state index contributed by atoms with van der Waals surface area (Å²) in [5.74, 6) is -1.97. The summed E-state index contributed by atoms with van der Waals surface area (Å²) in [5, 5.41) is 2.34. The summed E-state index contributed by atoms with van der Waals surface area (Å²) in [5.41, 5.74) is 3.78. The van der Waals surface area contributed by atoms with Gasteiger partial charge in [-0.2, -0.15) is 13.2 Å². The Balaban J connectivity index is 2.01. The molecule has 2 rings (SSSR count). The molecule has 0 aliphatic carbocycles. The predicted octanol–water partition coefficient (Wildman–Crippen LogP) is 1.86. The molecular formula is C14H15F4N3O2. The third-order valence-electron chi connectivity index (χ3n) is 3.69. The van der Waals surface area contributed by atoms with Gasteiger partial charge in [0.2, 0.25) is 5.91 Å². The van der Waals surface area contributed by atoms with Crippen molar-refractivity contribution in [2.45, 2.75) is 19.1 Å². The second-order valence-electron chi connectivity index (χ2n) is 5.29. The number of rotatable bonds is 3. The van der Waals surface area contributed by atoms with Crippen molar-refractivity contribution in [3.63, 3.8) is 0 Å². The van der Waals surface area contributed by atoms with Crippen LogP contribution in [-0.2, 0) is 17.5 Å². The van der Waals surface area contributed by atoms with Crippen LogP contribution in [0.2, 0.25) is 0 Å². The maximum atomic E-state index is 13.0. The van der Waals surface area contributed by atoms with Crippen molar-refractivity contribution in [3.8, 4) is 0 Å². The number of alkyl halides is 3. The number of nitrogens with one attached hydrogen (secondary N) is 1. The van der Waals surface area contributed by atoms with Gasteiger partial charge in [-0.15, -0.1) is 0 Å². The van der Waals surface area contributed by atoms with Gasteiger partial charge >= 0.3 is 12.2 Å². The quantitative estimate of drug-likeness (QED) is 0.829. The number of hydrogen-bond donors (Lipinski definition) is 2. The van der Waals surface area contributed by atoms with Crippen molar-refractivity contribution < 1.29 is 27.2 Å². The Labute approximate surface area is 129 Å². The number of carbonyl (C=O) groups is 2. The molecule has 1 fully saturated rings. The Kier molecular flexibility index (Phi) is 4.76. The monoisotopic (exact) mass is 333 g/mol. The van der Waals surface area contributed by atoms with Crippen LogP contribution in [0.1, 0.15) is 17.5 Å². The first kappa shape index (κ1) is 17.0. The van der Waals surface area contributed by atoms with E-state index in [1.54, 1.807) is 0 Å². The van der Waals surface area contributed by atoms with Crippen LogP contribution in [-0.4, -0.2) is 29.9 Å². The maximum absolute atomic E-state index is 13.0. The van der Waals surface area contributed by atoms with Gasteiger partial charge in [-0.1, -0.05) is 6.07 Å². The van der Waals surface area contributed by atoms with Crippen LogP contribution >= 0.6 is 0 Å². The highest BCUT2D eigenvalue weighted by Gasteiger charge is 2.34. The zero-order chi connectivity index (χ0) is 17.2. The van der Waals surface area contributed by atoms with E-state index in [1.807, 2.05) is 0 Å². The first-order chi connectivity index (χ1) is 10.7. The Morgan fingerprint density at radius 2 is 2.04 bits per heavy atom. The Morgan fingerprint density at radius 1 is 1.35 bits per heavy atom. The molecule has 3 amide bonds. The first-order valence-corrected chi connectivity index (χ1v) is 6.86. The molecule has 9 heteroatoms. The maximum Gasteiger partial charge on any atom is 0.416 e. The summed E-state index contributed by atoms with van der Waals surface area (Å²) in [7, 11) is 0. The van der Waals surface area contributed by atoms with Gasteiger partial charge in [0.25, 0.3) is 0 Å². The number of likely N-dealkylation sites (tertiary alicyclic amines) is 1. The smallest absolute Gasteiger partial charge is 0.369 e. The minimum atomic E-state index is -4.72. The number of nitrogens with two attached hydrogens (primary N) is 1. The zero-order valence-electron chi connectivity index (χ0n) is 12.0. The fraction of sp³-hybridized carbons (Fsp3) is 0.429. The molecule has 3 N–H and O–H groups in total. The van der Waals surface area contributed by atoms with E-state index < -0.39 is 42.0 Å². The molecule has 0 spiro atoms. The first-order valence-electron chi connectivity index (χ1n) is 6.86. The summed E-state index contributed by atoms with van der Waals surface area (Å²) < 4.78 is 51.6. The molecule has 0 unspecified atom stereocenters. The van der Waals surface area contributed by atoms with E-state index in [-0.39, 0.29) is 12.1 Å². The molecule has 5 nitrogen and oxygen atoms in total. The average molecular weight is 333 g/mol. The normalized spacial score (nSPS) is 18.1. The summed E-state index contributed by atoms with van der Waals surface area (Å²) in [4.78, 5) is 24.3. The molecule has 0 aromatic heterocycles. The highest BCUT2D eigenvalue weighted by molar-refractivity contribution is 5.80. The molecule has 1 aliphatic heterocycles. The minimum absolute atomic E-state index is 0.136. The summed E-state index contributed by atoms with van der Waals surface area (Å²) >= 11 is 0. The molecule has 1 aromatic rings.